The SMILES string of the molecule is CC(C)c1cccc(C(C)C)c1[N+]1=C([B-]2(C#N)S[B-](C#N)(C3=[N+](c4c(C(C)C)cccc4C(C)C)C(C)(C)CC3(C)C)S2)C(C)(C)CC1(C)C.c1ccccc1. The minimum Gasteiger partial charge on any atom is -0.523 e. The minimum absolute atomic E-state index is 0.200. The van der Waals surface area contributed by atoms with Crippen LogP contribution in [0, 0.1) is 33.3 Å². The standard InChI is InChI=1S/C42H62B2N4S2.C6H6/c1-27(2)31-19-17-20-32(28(3)4)35(31)47-37(39(9,10)23-41(47,13)14)43(25-45)49-44(26-46,50-43)38-40(11,12)24-42(15,16)48(38)36-33(29(5)6)21-18-22-34(36)30(7)8;1-2-4-6-5-3-1/h17-22,27-30H,23-24H2,1-16H3;1-6H. The van der Waals surface area contributed by atoms with Crippen molar-refractivity contribution in [3.63, 3.8) is 0 Å². The first-order valence-corrected chi connectivity index (χ1v) is 22.9. The molecule has 4 nitrogen and oxygen atoms in total. The molecule has 3 aliphatic heterocycles. The summed E-state index contributed by atoms with van der Waals surface area (Å²) in [5.41, 5.74) is 9.49. The first-order chi connectivity index (χ1) is 25.9. The molecule has 0 radical (unpaired) electrons. The van der Waals surface area contributed by atoms with Gasteiger partial charge in [0.05, 0.1) is 0 Å². The number of benzene rings is 3. The van der Waals surface area contributed by atoms with Crippen LogP contribution in [-0.4, -0.2) is 40.9 Å². The first-order valence-electron chi connectivity index (χ1n) is 21.1. The number of para-hydroxylation sites is 2. The molecule has 0 unspecified atom stereocenters. The van der Waals surface area contributed by atoms with Crippen molar-refractivity contribution >= 4 is 54.9 Å². The third-order valence-corrected chi connectivity index (χ3v) is 16.6. The fourth-order valence-corrected chi connectivity index (χ4v) is 16.2. The van der Waals surface area contributed by atoms with Crippen LogP contribution in [0.15, 0.2) is 72.8 Å². The van der Waals surface area contributed by atoms with Gasteiger partial charge in [0.1, 0.15) is 0 Å². The lowest BCUT2D eigenvalue weighted by molar-refractivity contribution is -0.515. The van der Waals surface area contributed by atoms with E-state index < -0.39 is 9.41 Å². The van der Waals surface area contributed by atoms with Crippen LogP contribution in [0.5, 0.6) is 0 Å². The molecular weight excluding hydrogens is 718 g/mol. The lowest BCUT2D eigenvalue weighted by Crippen LogP contribution is -2.66. The van der Waals surface area contributed by atoms with Gasteiger partial charge in [0.2, 0.25) is 20.8 Å². The Hall–Kier alpha value is -3.19. The Labute approximate surface area is 349 Å². The van der Waals surface area contributed by atoms with E-state index in [1.54, 1.807) is 22.9 Å². The fraction of sp³-hybridized carbons (Fsp3) is 0.542. The highest BCUT2D eigenvalue weighted by molar-refractivity contribution is 9.02. The van der Waals surface area contributed by atoms with Gasteiger partial charge in [-0.25, -0.2) is 19.7 Å². The topological polar surface area (TPSA) is 53.6 Å². The second-order valence-electron chi connectivity index (χ2n) is 20.5. The van der Waals surface area contributed by atoms with Gasteiger partial charge in [-0.05, 0) is 23.7 Å². The summed E-state index contributed by atoms with van der Waals surface area (Å²) >= 11 is 3.46. The van der Waals surface area contributed by atoms with Crippen molar-refractivity contribution in [1.29, 1.82) is 10.5 Å². The molecule has 1 saturated heterocycles. The lowest BCUT2D eigenvalue weighted by atomic mass is 9.55. The van der Waals surface area contributed by atoms with Gasteiger partial charge < -0.3 is 22.9 Å². The summed E-state index contributed by atoms with van der Waals surface area (Å²) < 4.78 is 1.56. The molecular formula is C48H68B2N4S2. The quantitative estimate of drug-likeness (QED) is 0.169. The Morgan fingerprint density at radius 1 is 0.482 bits per heavy atom. The lowest BCUT2D eigenvalue weighted by Gasteiger charge is -2.64. The maximum atomic E-state index is 11.5. The van der Waals surface area contributed by atoms with E-state index in [1.807, 2.05) is 36.4 Å². The number of rotatable bonds is 8. The third kappa shape index (κ3) is 7.60. The average molecular weight is 787 g/mol. The molecule has 0 spiro atoms. The normalized spacial score (nSPS) is 24.6. The van der Waals surface area contributed by atoms with Crippen LogP contribution in [0.4, 0.5) is 11.4 Å². The van der Waals surface area contributed by atoms with Crippen molar-refractivity contribution in [2.75, 3.05) is 0 Å². The van der Waals surface area contributed by atoms with E-state index >= 15 is 0 Å². The van der Waals surface area contributed by atoms with E-state index in [0.717, 1.165) is 12.8 Å². The van der Waals surface area contributed by atoms with Gasteiger partial charge in [-0.1, -0.05) is 156 Å². The summed E-state index contributed by atoms with van der Waals surface area (Å²) in [7, 11) is 0. The monoisotopic (exact) mass is 787 g/mol. The molecule has 0 N–H and O–H groups in total. The summed E-state index contributed by atoms with van der Waals surface area (Å²) in [6.45, 7) is 37.1. The van der Waals surface area contributed by atoms with E-state index in [1.165, 1.54) is 44.9 Å². The van der Waals surface area contributed by atoms with Gasteiger partial charge in [0.25, 0.3) is 0 Å². The maximum absolute atomic E-state index is 11.5. The maximum Gasteiger partial charge on any atom is 0.233 e. The van der Waals surface area contributed by atoms with Crippen molar-refractivity contribution in [3.8, 4) is 11.9 Å². The summed E-state index contributed by atoms with van der Waals surface area (Å²) in [5, 5.41) is 23.0. The second kappa shape index (κ2) is 15.5. The van der Waals surface area contributed by atoms with Gasteiger partial charge in [-0.15, -0.1) is 11.9 Å². The number of nitrogens with zero attached hydrogens (tertiary/aromatic N) is 4. The highest BCUT2D eigenvalue weighted by Gasteiger charge is 2.66. The van der Waals surface area contributed by atoms with Gasteiger partial charge in [-0.3, -0.25) is 0 Å². The molecule has 298 valence electrons. The van der Waals surface area contributed by atoms with Crippen LogP contribution in [0.1, 0.15) is 170 Å². The molecule has 3 aromatic rings. The number of hydrogen-bond donors (Lipinski definition) is 0. The molecule has 0 aromatic heterocycles. The molecule has 1 fully saturated rings. The Bertz CT molecular complexity index is 1890. The van der Waals surface area contributed by atoms with Gasteiger partial charge in [0, 0.05) is 84.8 Å². The Morgan fingerprint density at radius 2 is 0.732 bits per heavy atom. The van der Waals surface area contributed by atoms with Crippen LogP contribution >= 0.6 is 22.9 Å². The predicted octanol–water partition coefficient (Wildman–Crippen LogP) is 13.7. The highest BCUT2D eigenvalue weighted by atomic mass is 32.3. The minimum atomic E-state index is -1.83. The Kier molecular flexibility index (Phi) is 12.2. The molecule has 3 aromatic carbocycles. The molecule has 0 aliphatic carbocycles. The van der Waals surface area contributed by atoms with Gasteiger partial charge >= 0.3 is 0 Å². The predicted molar refractivity (Wildman–Crippen MR) is 248 cm³/mol. The Morgan fingerprint density at radius 3 is 0.946 bits per heavy atom. The van der Waals surface area contributed by atoms with Crippen molar-refractivity contribution in [2.45, 2.75) is 158 Å². The van der Waals surface area contributed by atoms with Crippen molar-refractivity contribution in [2.24, 2.45) is 10.8 Å². The fourth-order valence-electron chi connectivity index (χ4n) is 11.0. The van der Waals surface area contributed by atoms with E-state index in [2.05, 4.69) is 168 Å². The summed E-state index contributed by atoms with van der Waals surface area (Å²) in [6, 6.07) is 25.6. The van der Waals surface area contributed by atoms with Crippen LogP contribution in [0.3, 0.4) is 0 Å². The molecule has 56 heavy (non-hydrogen) atoms. The van der Waals surface area contributed by atoms with Crippen molar-refractivity contribution in [3.05, 3.63) is 95.1 Å². The molecule has 3 aliphatic rings. The first kappa shape index (κ1) is 43.9. The summed E-state index contributed by atoms with van der Waals surface area (Å²) in [6.07, 6.45) is 1.89. The zero-order chi connectivity index (χ0) is 41.8. The van der Waals surface area contributed by atoms with E-state index in [4.69, 9.17) is 0 Å². The molecule has 6 rings (SSSR count). The van der Waals surface area contributed by atoms with Crippen molar-refractivity contribution in [1.82, 2.24) is 0 Å². The highest BCUT2D eigenvalue weighted by Crippen LogP contribution is 2.66. The smallest absolute Gasteiger partial charge is 0.233 e. The van der Waals surface area contributed by atoms with Crippen LogP contribution in [0.25, 0.3) is 0 Å². The summed E-state index contributed by atoms with van der Waals surface area (Å²) in [5.74, 6) is 7.27. The van der Waals surface area contributed by atoms with E-state index in [-0.39, 0.29) is 21.9 Å². The molecule has 0 bridgehead atoms. The van der Waals surface area contributed by atoms with E-state index in [9.17, 15) is 10.5 Å². The van der Waals surface area contributed by atoms with E-state index in [0.29, 0.717) is 23.7 Å². The van der Waals surface area contributed by atoms with Crippen molar-refractivity contribution < 1.29 is 9.15 Å². The van der Waals surface area contributed by atoms with Crippen LogP contribution in [-0.2, 0) is 0 Å². The summed E-state index contributed by atoms with van der Waals surface area (Å²) in [4.78, 5) is 0. The molecule has 0 atom stereocenters. The average Bonchev–Trinajstić information content (AvgIpc) is 3.42. The molecule has 0 amide bonds. The zero-order valence-electron chi connectivity index (χ0n) is 37.4. The van der Waals surface area contributed by atoms with Crippen LogP contribution < -0.4 is 0 Å². The Balaban J connectivity index is 0.000000912. The third-order valence-electron chi connectivity index (χ3n) is 12.5. The number of nitriles is 2. The molecule has 0 saturated carbocycles. The van der Waals surface area contributed by atoms with Gasteiger partial charge in [-0.2, -0.15) is 0 Å². The zero-order valence-corrected chi connectivity index (χ0v) is 39.0. The van der Waals surface area contributed by atoms with Gasteiger partial charge in [0.15, 0.2) is 11.1 Å². The van der Waals surface area contributed by atoms with Crippen LogP contribution in [0.2, 0.25) is 0 Å². The second-order valence-corrected chi connectivity index (χ2v) is 24.5. The molecule has 3 heterocycles. The largest absolute Gasteiger partial charge is 0.523 e. The number of hydrogen-bond acceptors (Lipinski definition) is 4. The molecule has 8 heteroatoms.